The number of benzene rings is 2. The molecule has 3 amide bonds. The van der Waals surface area contributed by atoms with Crippen molar-refractivity contribution in [1.29, 1.82) is 0 Å². The molecule has 1 heterocycles. The van der Waals surface area contributed by atoms with Crippen molar-refractivity contribution in [3.8, 4) is 22.9 Å². The van der Waals surface area contributed by atoms with Crippen LogP contribution in [0.25, 0.3) is 11.1 Å². The van der Waals surface area contributed by atoms with Gasteiger partial charge in [-0.15, -0.1) is 4.73 Å². The average molecular weight is 775 g/mol. The number of rotatable bonds is 15. The molecule has 0 bridgehead atoms. The van der Waals surface area contributed by atoms with E-state index in [0.29, 0.717) is 0 Å². The number of carbonyl (C=O) groups is 4. The standard InChI is InChI=1S/C28H30N4O16S3/c33-23-9-10-24(34)32(23)48-27(37)20(12-49(39)40)29-25(35)21(13-50(41,42)43)30-26(36)22(14-51(44,45)46)31-28(38)47-11-19-17-7-3-1-5-15(17)16-6-2-4-8-18(16)19/h1-10,19-22,33-34H,11-14H2,(H,29,35)(H,30,36)(H,31,38)(H,39,40)(H,41,42,43)(H,44,45,46). The number of hydrogen-bond donors (Lipinski definition) is 8. The van der Waals surface area contributed by atoms with Crippen LogP contribution in [0.1, 0.15) is 17.0 Å². The highest BCUT2D eigenvalue weighted by Gasteiger charge is 2.36. The van der Waals surface area contributed by atoms with Crippen LogP contribution in [0.3, 0.4) is 0 Å². The van der Waals surface area contributed by atoms with E-state index in [1.54, 1.807) is 17.4 Å². The number of aromatic nitrogens is 1. The summed E-state index contributed by atoms with van der Waals surface area (Å²) in [5.41, 5.74) is 3.39. The van der Waals surface area contributed by atoms with Gasteiger partial charge in [0, 0.05) is 18.1 Å². The molecule has 4 atom stereocenters. The van der Waals surface area contributed by atoms with Crippen molar-refractivity contribution in [2.24, 2.45) is 0 Å². The van der Waals surface area contributed by atoms with Crippen molar-refractivity contribution in [3.63, 3.8) is 0 Å². The minimum Gasteiger partial charge on any atom is -0.492 e. The summed E-state index contributed by atoms with van der Waals surface area (Å²) in [6, 6.07) is 9.58. The van der Waals surface area contributed by atoms with Crippen LogP contribution in [-0.4, -0.2) is 116 Å². The molecule has 0 aliphatic heterocycles. The van der Waals surface area contributed by atoms with Crippen molar-refractivity contribution in [2.75, 3.05) is 23.9 Å². The van der Waals surface area contributed by atoms with Gasteiger partial charge in [-0.3, -0.25) is 18.7 Å². The first-order chi connectivity index (χ1) is 23.8. The molecule has 4 unspecified atom stereocenters. The van der Waals surface area contributed by atoms with E-state index < -0.39 is 108 Å². The molecular formula is C28H30N4O16S3. The van der Waals surface area contributed by atoms with Crippen LogP contribution in [-0.2, 0) is 50.4 Å². The number of nitrogens with zero attached hydrogens (tertiary/aromatic N) is 1. The number of fused-ring (bicyclic) bond motifs is 3. The third-order valence-corrected chi connectivity index (χ3v) is 9.36. The third-order valence-electron chi connectivity index (χ3n) is 7.23. The Balaban J connectivity index is 1.50. The lowest BCUT2D eigenvalue weighted by molar-refractivity contribution is -0.149. The molecule has 1 aliphatic carbocycles. The Kier molecular flexibility index (Phi) is 12.0. The summed E-state index contributed by atoms with van der Waals surface area (Å²) in [5, 5.41) is 24.9. The summed E-state index contributed by atoms with van der Waals surface area (Å²) >= 11 is -2.85. The average Bonchev–Trinajstić information content (AvgIpc) is 3.52. The Morgan fingerprint density at radius 3 is 1.67 bits per heavy atom. The molecule has 0 spiro atoms. The summed E-state index contributed by atoms with van der Waals surface area (Å²) in [7, 11) is -10.2. The fourth-order valence-electron chi connectivity index (χ4n) is 5.07. The molecule has 3 aromatic rings. The van der Waals surface area contributed by atoms with Crippen LogP contribution >= 0.6 is 0 Å². The molecule has 23 heteroatoms. The van der Waals surface area contributed by atoms with Crippen LogP contribution in [0, 0.1) is 0 Å². The maximum absolute atomic E-state index is 13.2. The number of nitrogens with one attached hydrogen (secondary N) is 3. The van der Waals surface area contributed by atoms with Crippen LogP contribution < -0.4 is 20.8 Å². The van der Waals surface area contributed by atoms with Gasteiger partial charge >= 0.3 is 12.1 Å². The van der Waals surface area contributed by atoms with E-state index in [9.17, 15) is 64.1 Å². The summed E-state index contributed by atoms with van der Waals surface area (Å²) in [6.07, 6.45) is -1.36. The van der Waals surface area contributed by atoms with Crippen molar-refractivity contribution in [1.82, 2.24) is 20.7 Å². The summed E-state index contributed by atoms with van der Waals surface area (Å²) in [5.74, 6) is -11.2. The van der Waals surface area contributed by atoms with E-state index in [-0.39, 0.29) is 11.3 Å². The van der Waals surface area contributed by atoms with Gasteiger partial charge in [-0.25, -0.2) is 13.8 Å². The first kappa shape index (κ1) is 38.7. The van der Waals surface area contributed by atoms with E-state index in [2.05, 4.69) is 4.84 Å². The zero-order chi connectivity index (χ0) is 37.7. The van der Waals surface area contributed by atoms with Gasteiger partial charge in [0.15, 0.2) is 11.1 Å². The van der Waals surface area contributed by atoms with Gasteiger partial charge in [0.05, 0.1) is 5.75 Å². The van der Waals surface area contributed by atoms with Crippen molar-refractivity contribution < 1.29 is 73.7 Å². The van der Waals surface area contributed by atoms with Crippen LogP contribution in [0.4, 0.5) is 4.79 Å². The van der Waals surface area contributed by atoms with Gasteiger partial charge in [0.2, 0.25) is 23.6 Å². The van der Waals surface area contributed by atoms with E-state index in [1.807, 2.05) is 47.0 Å². The predicted molar refractivity (Wildman–Crippen MR) is 174 cm³/mol. The van der Waals surface area contributed by atoms with Crippen LogP contribution in [0.5, 0.6) is 11.8 Å². The van der Waals surface area contributed by atoms with Crippen molar-refractivity contribution in [3.05, 3.63) is 71.8 Å². The summed E-state index contributed by atoms with van der Waals surface area (Å²) in [4.78, 5) is 56.4. The molecule has 0 radical (unpaired) electrons. The Labute approximate surface area is 291 Å². The highest BCUT2D eigenvalue weighted by atomic mass is 32.2. The van der Waals surface area contributed by atoms with Gasteiger partial charge in [-0.2, -0.15) is 16.8 Å². The second-order valence-corrected chi connectivity index (χ2v) is 14.9. The van der Waals surface area contributed by atoms with E-state index in [0.717, 1.165) is 34.4 Å². The van der Waals surface area contributed by atoms with Crippen molar-refractivity contribution >= 4 is 55.2 Å². The van der Waals surface area contributed by atoms with Crippen LogP contribution in [0.2, 0.25) is 0 Å². The molecule has 0 fully saturated rings. The molecule has 8 N–H and O–H groups in total. The zero-order valence-corrected chi connectivity index (χ0v) is 28.3. The molecule has 4 rings (SSSR count). The molecule has 0 saturated heterocycles. The first-order valence-electron chi connectivity index (χ1n) is 14.3. The second-order valence-electron chi connectivity index (χ2n) is 10.9. The van der Waals surface area contributed by atoms with E-state index in [4.69, 9.17) is 4.74 Å². The highest BCUT2D eigenvalue weighted by molar-refractivity contribution is 7.86. The fraction of sp³-hybridized carbons (Fsp3) is 0.286. The maximum Gasteiger partial charge on any atom is 0.407 e. The first-order valence-corrected chi connectivity index (χ1v) is 18.8. The van der Waals surface area contributed by atoms with Crippen molar-refractivity contribution in [2.45, 2.75) is 24.0 Å². The Hall–Kier alpha value is -5.07. The lowest BCUT2D eigenvalue weighted by Crippen LogP contribution is -2.59. The normalized spacial score (nSPS) is 15.0. The van der Waals surface area contributed by atoms with Gasteiger partial charge in [0.25, 0.3) is 20.2 Å². The summed E-state index contributed by atoms with van der Waals surface area (Å²) in [6.45, 7) is -0.295. The highest BCUT2D eigenvalue weighted by Crippen LogP contribution is 2.44. The number of amides is 3. The van der Waals surface area contributed by atoms with E-state index >= 15 is 0 Å². The third kappa shape index (κ3) is 10.5. The maximum atomic E-state index is 13.2. The van der Waals surface area contributed by atoms with E-state index in [1.165, 1.54) is 0 Å². The zero-order valence-electron chi connectivity index (χ0n) is 25.8. The minimum atomic E-state index is -5.15. The minimum absolute atomic E-state index is 0.161. The van der Waals surface area contributed by atoms with Gasteiger partial charge in [-0.1, -0.05) is 48.5 Å². The molecular weight excluding hydrogens is 745 g/mol. The molecule has 20 nitrogen and oxygen atoms in total. The molecule has 0 saturated carbocycles. The lowest BCUT2D eigenvalue weighted by atomic mass is 9.98. The quantitative estimate of drug-likeness (QED) is 0.0659. The monoisotopic (exact) mass is 774 g/mol. The lowest BCUT2D eigenvalue weighted by Gasteiger charge is -2.24. The molecule has 1 aliphatic rings. The topological polar surface area (TPSA) is 314 Å². The number of aromatic hydroxyl groups is 2. The molecule has 2 aromatic carbocycles. The number of hydrogen-bond acceptors (Lipinski definition) is 13. The molecule has 51 heavy (non-hydrogen) atoms. The number of carbonyl (C=O) groups excluding carboxylic acids is 4. The Bertz CT molecular complexity index is 2000. The number of alkyl carbamates (subject to hydrolysis) is 1. The SMILES string of the molecule is O=C(NC(CS(=O)(=O)O)C(=O)NC(CS(=O)(=O)O)C(=O)NC(CS(=O)O)C(=O)On1c(O)ccc1O)OCC1c2ccccc2-c2ccccc21. The Morgan fingerprint density at radius 1 is 0.745 bits per heavy atom. The number of ether oxygens (including phenoxy) is 1. The second kappa shape index (κ2) is 15.9. The van der Waals surface area contributed by atoms with Gasteiger partial charge < -0.3 is 40.3 Å². The predicted octanol–water partition coefficient (Wildman–Crippen LogP) is -1.27. The van der Waals surface area contributed by atoms with Gasteiger partial charge in [-0.05, 0) is 22.3 Å². The summed E-state index contributed by atoms with van der Waals surface area (Å²) < 4.78 is 92.1. The Morgan fingerprint density at radius 2 is 1.20 bits per heavy atom. The smallest absolute Gasteiger partial charge is 0.407 e. The molecule has 276 valence electrons. The van der Waals surface area contributed by atoms with Crippen LogP contribution in [0.15, 0.2) is 60.7 Å². The fourth-order valence-corrected chi connectivity index (χ4v) is 6.89. The molecule has 1 aromatic heterocycles. The van der Waals surface area contributed by atoms with Gasteiger partial charge in [0.1, 0.15) is 36.2 Å². The largest absolute Gasteiger partial charge is 0.492 e.